The highest BCUT2D eigenvalue weighted by Gasteiger charge is 2.47. The monoisotopic (exact) mass is 390 g/mol. The Morgan fingerprint density at radius 2 is 1.90 bits per heavy atom. The number of amides is 2. The molecule has 3 aliphatic heterocycles. The van der Waals surface area contributed by atoms with Crippen LogP contribution in [0.25, 0.3) is 10.9 Å². The van der Waals surface area contributed by atoms with E-state index in [4.69, 9.17) is 15.3 Å². The number of aromatic amines is 1. The van der Waals surface area contributed by atoms with E-state index in [2.05, 4.69) is 4.98 Å². The van der Waals surface area contributed by atoms with Gasteiger partial charge < -0.3 is 19.4 Å². The van der Waals surface area contributed by atoms with Gasteiger partial charge in [-0.15, -0.1) is 0 Å². The summed E-state index contributed by atoms with van der Waals surface area (Å²) in [6.45, 7) is 0.0406. The number of ether oxygens (including phenoxy) is 2. The molecular weight excluding hydrogens is 372 g/mol. The predicted octanol–water partition coefficient (Wildman–Crippen LogP) is 1.46. The summed E-state index contributed by atoms with van der Waals surface area (Å²) in [7, 11) is 0. The molecule has 3 aromatic rings. The van der Waals surface area contributed by atoms with Crippen molar-refractivity contribution in [3.63, 3.8) is 0 Å². The predicted molar refractivity (Wildman–Crippen MR) is 103 cm³/mol. The van der Waals surface area contributed by atoms with Gasteiger partial charge in [-0.3, -0.25) is 14.6 Å². The Morgan fingerprint density at radius 3 is 2.79 bits per heavy atom. The second kappa shape index (κ2) is 5.74. The third-order valence-electron chi connectivity index (χ3n) is 6.01. The lowest BCUT2D eigenvalue weighted by Crippen LogP contribution is -2.64. The summed E-state index contributed by atoms with van der Waals surface area (Å²) in [5.41, 5.74) is 3.81. The molecule has 0 unspecified atom stereocenters. The summed E-state index contributed by atoms with van der Waals surface area (Å²) in [5.74, 6) is 6.72. The van der Waals surface area contributed by atoms with Crippen LogP contribution < -0.4 is 15.3 Å². The van der Waals surface area contributed by atoms with Gasteiger partial charge in [0.1, 0.15) is 12.6 Å². The van der Waals surface area contributed by atoms with E-state index >= 15 is 0 Å². The SMILES string of the molecule is NN1CC(=O)N2[C@H](c3ccc4c(c3)OCO4)c3[nH]c4ccccc4c3C[C@@H]2C1=O. The second-order valence-electron chi connectivity index (χ2n) is 7.57. The number of hydrogen-bond acceptors (Lipinski definition) is 5. The van der Waals surface area contributed by atoms with Crippen molar-refractivity contribution >= 4 is 22.7 Å². The average molecular weight is 390 g/mol. The Morgan fingerprint density at radius 1 is 1.07 bits per heavy atom. The van der Waals surface area contributed by atoms with Crippen LogP contribution in [0.5, 0.6) is 11.5 Å². The third-order valence-corrected chi connectivity index (χ3v) is 6.01. The number of fused-ring (bicyclic) bond motifs is 5. The second-order valence-corrected chi connectivity index (χ2v) is 7.57. The zero-order valence-electron chi connectivity index (χ0n) is 15.4. The number of rotatable bonds is 1. The van der Waals surface area contributed by atoms with Gasteiger partial charge in [0.25, 0.3) is 5.91 Å². The van der Waals surface area contributed by atoms with Gasteiger partial charge in [-0.2, -0.15) is 0 Å². The highest BCUT2D eigenvalue weighted by Crippen LogP contribution is 2.44. The highest BCUT2D eigenvalue weighted by atomic mass is 16.7. The van der Waals surface area contributed by atoms with Gasteiger partial charge in [0, 0.05) is 23.0 Å². The van der Waals surface area contributed by atoms with Gasteiger partial charge in [-0.05, 0) is 29.3 Å². The normalized spacial score (nSPS) is 22.8. The maximum atomic E-state index is 13.0. The van der Waals surface area contributed by atoms with E-state index in [1.807, 2.05) is 42.5 Å². The van der Waals surface area contributed by atoms with E-state index in [1.54, 1.807) is 4.90 Å². The van der Waals surface area contributed by atoms with Crippen LogP contribution in [0.2, 0.25) is 0 Å². The molecule has 2 amide bonds. The smallest absolute Gasteiger partial charge is 0.260 e. The minimum atomic E-state index is -0.636. The first kappa shape index (κ1) is 16.4. The first-order valence-corrected chi connectivity index (χ1v) is 9.48. The van der Waals surface area contributed by atoms with Crippen molar-refractivity contribution in [2.45, 2.75) is 18.5 Å². The summed E-state index contributed by atoms with van der Waals surface area (Å²) in [4.78, 5) is 31.1. The minimum Gasteiger partial charge on any atom is -0.454 e. The van der Waals surface area contributed by atoms with Crippen LogP contribution in [0.15, 0.2) is 42.5 Å². The maximum absolute atomic E-state index is 13.0. The van der Waals surface area contributed by atoms with Crippen molar-refractivity contribution in [3.05, 3.63) is 59.3 Å². The number of H-pyrrole nitrogens is 1. The van der Waals surface area contributed by atoms with Crippen molar-refractivity contribution in [1.29, 1.82) is 0 Å². The molecule has 146 valence electrons. The molecule has 4 heterocycles. The summed E-state index contributed by atoms with van der Waals surface area (Å²) in [5, 5.41) is 2.09. The van der Waals surface area contributed by atoms with Crippen LogP contribution in [-0.2, 0) is 16.0 Å². The summed E-state index contributed by atoms with van der Waals surface area (Å²) in [6, 6.07) is 12.6. The van der Waals surface area contributed by atoms with Crippen LogP contribution in [0, 0.1) is 0 Å². The lowest BCUT2D eigenvalue weighted by molar-refractivity contribution is -0.158. The minimum absolute atomic E-state index is 0.133. The Hall–Kier alpha value is -3.52. The Kier molecular flexibility index (Phi) is 3.25. The molecule has 1 aromatic heterocycles. The average Bonchev–Trinajstić information content (AvgIpc) is 3.34. The van der Waals surface area contributed by atoms with Gasteiger partial charge in [0.2, 0.25) is 12.7 Å². The fraction of sp³-hybridized carbons (Fsp3) is 0.238. The summed E-state index contributed by atoms with van der Waals surface area (Å²) in [6.07, 6.45) is 0.429. The maximum Gasteiger partial charge on any atom is 0.260 e. The number of hydrogen-bond donors (Lipinski definition) is 2. The molecule has 8 nitrogen and oxygen atoms in total. The van der Waals surface area contributed by atoms with Crippen molar-refractivity contribution in [1.82, 2.24) is 14.9 Å². The van der Waals surface area contributed by atoms with Crippen LogP contribution >= 0.6 is 0 Å². The molecule has 1 fully saturated rings. The largest absolute Gasteiger partial charge is 0.454 e. The molecule has 2 aromatic carbocycles. The van der Waals surface area contributed by atoms with Crippen LogP contribution in [-0.4, -0.2) is 46.1 Å². The molecule has 1 saturated heterocycles. The number of nitrogens with two attached hydrogens (primary N) is 1. The summed E-state index contributed by atoms with van der Waals surface area (Å²) >= 11 is 0. The fourth-order valence-electron chi connectivity index (χ4n) is 4.72. The van der Waals surface area contributed by atoms with Gasteiger partial charge in [0.15, 0.2) is 11.5 Å². The highest BCUT2D eigenvalue weighted by molar-refractivity contribution is 5.97. The first-order chi connectivity index (χ1) is 14.1. The van der Waals surface area contributed by atoms with Crippen LogP contribution in [0.3, 0.4) is 0 Å². The number of carbonyl (C=O) groups is 2. The van der Waals surface area contributed by atoms with Crippen molar-refractivity contribution < 1.29 is 19.1 Å². The van der Waals surface area contributed by atoms with Gasteiger partial charge in [-0.1, -0.05) is 24.3 Å². The number of benzene rings is 2. The molecule has 29 heavy (non-hydrogen) atoms. The molecule has 0 spiro atoms. The Labute approximate surface area is 165 Å². The zero-order chi connectivity index (χ0) is 19.7. The molecular formula is C21H18N4O4. The van der Waals surface area contributed by atoms with E-state index in [-0.39, 0.29) is 25.2 Å². The molecule has 8 heteroatoms. The number of nitrogens with one attached hydrogen (secondary N) is 1. The molecule has 3 N–H and O–H groups in total. The zero-order valence-corrected chi connectivity index (χ0v) is 15.4. The lowest BCUT2D eigenvalue weighted by atomic mass is 9.86. The molecule has 0 saturated carbocycles. The number of piperazine rings is 1. The number of nitrogens with zero attached hydrogens (tertiary/aromatic N) is 2. The molecule has 2 atom stereocenters. The molecule has 0 bridgehead atoms. The van der Waals surface area contributed by atoms with E-state index in [0.717, 1.165) is 32.7 Å². The number of hydrazine groups is 1. The number of para-hydroxylation sites is 1. The molecule has 0 radical (unpaired) electrons. The van der Waals surface area contributed by atoms with Gasteiger partial charge in [0.05, 0.1) is 6.04 Å². The van der Waals surface area contributed by atoms with E-state index < -0.39 is 12.1 Å². The van der Waals surface area contributed by atoms with Crippen molar-refractivity contribution in [2.24, 2.45) is 5.84 Å². The van der Waals surface area contributed by atoms with Crippen LogP contribution in [0.1, 0.15) is 22.9 Å². The van der Waals surface area contributed by atoms with Crippen LogP contribution in [0.4, 0.5) is 0 Å². The number of carbonyl (C=O) groups excluding carboxylic acids is 2. The molecule has 0 aliphatic carbocycles. The van der Waals surface area contributed by atoms with Gasteiger partial charge >= 0.3 is 0 Å². The Balaban J connectivity index is 1.59. The van der Waals surface area contributed by atoms with Gasteiger partial charge in [-0.25, -0.2) is 5.84 Å². The first-order valence-electron chi connectivity index (χ1n) is 9.48. The standard InChI is InChI=1S/C21H18N4O4/c22-24-9-18(26)25-15(21(24)27)8-13-12-3-1-2-4-14(12)23-19(13)20(25)11-5-6-16-17(7-11)29-10-28-16/h1-7,15,20,23H,8-10,22H2/t15-,20-/m1/s1. The quantitative estimate of drug-likeness (QED) is 0.484. The summed E-state index contributed by atoms with van der Waals surface area (Å²) < 4.78 is 11.0. The fourth-order valence-corrected chi connectivity index (χ4v) is 4.72. The van der Waals surface area contributed by atoms with E-state index in [1.165, 1.54) is 0 Å². The van der Waals surface area contributed by atoms with Crippen molar-refractivity contribution in [3.8, 4) is 11.5 Å². The van der Waals surface area contributed by atoms with E-state index in [0.29, 0.717) is 17.9 Å². The molecule has 6 rings (SSSR count). The van der Waals surface area contributed by atoms with Crippen molar-refractivity contribution in [2.75, 3.05) is 13.3 Å². The number of aromatic nitrogens is 1. The topological polar surface area (TPSA) is 101 Å². The Bertz CT molecular complexity index is 1190. The third kappa shape index (κ3) is 2.23. The van der Waals surface area contributed by atoms with E-state index in [9.17, 15) is 9.59 Å². The molecule has 3 aliphatic rings. The lowest BCUT2D eigenvalue weighted by Gasteiger charge is -2.46.